The van der Waals surface area contributed by atoms with E-state index >= 15 is 0 Å². The largest absolute Gasteiger partial charge is 0.465 e. The predicted octanol–water partition coefficient (Wildman–Crippen LogP) is 7.20. The summed E-state index contributed by atoms with van der Waals surface area (Å²) in [6, 6.07) is 13.0. The summed E-state index contributed by atoms with van der Waals surface area (Å²) >= 11 is 5.75. The lowest BCUT2D eigenvalue weighted by molar-refractivity contribution is 0.0282. The summed E-state index contributed by atoms with van der Waals surface area (Å²) in [5.41, 5.74) is -0.522. The Morgan fingerprint density at radius 1 is 0.710 bits per heavy atom. The molecule has 0 unspecified atom stereocenters. The summed E-state index contributed by atoms with van der Waals surface area (Å²) in [5, 5.41) is 16.6. The molecular weight excluding hydrogens is 884 g/mol. The van der Waals surface area contributed by atoms with Crippen molar-refractivity contribution in [1.82, 2.24) is 39.3 Å². The summed E-state index contributed by atoms with van der Waals surface area (Å²) in [7, 11) is -5.70. The quantitative estimate of drug-likeness (QED) is 0.107. The van der Waals surface area contributed by atoms with Crippen molar-refractivity contribution in [3.8, 4) is 11.4 Å². The van der Waals surface area contributed by atoms with Gasteiger partial charge in [-0.25, -0.2) is 58.3 Å². The zero-order valence-corrected chi connectivity index (χ0v) is 36.0. The number of benzene rings is 2. The first-order valence-corrected chi connectivity index (χ1v) is 21.2. The molecule has 0 saturated heterocycles. The second-order valence-electron chi connectivity index (χ2n) is 14.4. The normalized spacial score (nSPS) is 11.7. The van der Waals surface area contributed by atoms with Gasteiger partial charge in [-0.15, -0.1) is 0 Å². The van der Waals surface area contributed by atoms with Gasteiger partial charge in [0.25, 0.3) is 0 Å². The fourth-order valence-electron chi connectivity index (χ4n) is 5.34. The van der Waals surface area contributed by atoms with Gasteiger partial charge in [0.1, 0.15) is 33.8 Å². The zero-order valence-electron chi connectivity index (χ0n) is 33.6. The van der Waals surface area contributed by atoms with Crippen molar-refractivity contribution in [2.75, 3.05) is 14.1 Å². The number of halogens is 5. The molecule has 23 heteroatoms. The molecule has 0 radical (unpaired) electrons. The number of carboxylic acid groups (broad SMARTS) is 1. The Morgan fingerprint density at radius 3 is 1.55 bits per heavy atom. The van der Waals surface area contributed by atoms with Gasteiger partial charge in [0.05, 0.1) is 34.3 Å². The molecular formula is C39H37ClF4N8O8S2. The fraction of sp³-hybridized carbons (Fsp3) is 0.231. The van der Waals surface area contributed by atoms with Crippen LogP contribution in [0.25, 0.3) is 11.4 Å². The molecule has 1 N–H and O–H groups in total. The van der Waals surface area contributed by atoms with Gasteiger partial charge >= 0.3 is 12.2 Å². The second kappa shape index (κ2) is 18.3. The Morgan fingerprint density at radius 2 is 1.16 bits per heavy atom. The lowest BCUT2D eigenvalue weighted by atomic mass is 10.2. The number of carbonyl (C=O) groups excluding carboxylic acids is 1. The number of nitrogens with zero attached hydrogens (tertiary/aromatic N) is 8. The lowest BCUT2D eigenvalue weighted by Gasteiger charge is -2.24. The van der Waals surface area contributed by atoms with Gasteiger partial charge in [-0.3, -0.25) is 4.98 Å². The van der Waals surface area contributed by atoms with Crippen LogP contribution in [0.15, 0.2) is 105 Å². The summed E-state index contributed by atoms with van der Waals surface area (Å²) in [6.45, 7) is 6.43. The molecule has 2 amide bonds. The standard InChI is InChI=1S/C21H21ClF2N4O4S.C18H16F2N4O4S/c1-21(2,3)32-20(29)27(4)12-14-10-19(33(30,31)15-6-8-18(22)25-11-15)28(26-14)17-7-5-13(23)9-16(17)24;1-11-3-5-14(9-21-11)29(27,28)17-8-13(10-23(2)18(25)26)22-24(17)16-6-4-12(19)7-15(16)20/h5-11H,12H2,1-4H3;3-9H,10H2,1-2H3,(H,25,26). The highest BCUT2D eigenvalue weighted by atomic mass is 35.5. The SMILES string of the molecule is CN(Cc1cc(S(=O)(=O)c2ccc(Cl)nc2)n(-c2ccc(F)cc2F)n1)C(=O)OC(C)(C)C.Cc1ccc(S(=O)(=O)c2cc(CN(C)C(=O)O)nn2-c2ccc(F)cc2F)cn1. The van der Waals surface area contributed by atoms with Gasteiger partial charge < -0.3 is 19.6 Å². The summed E-state index contributed by atoms with van der Waals surface area (Å²) in [4.78, 5) is 32.8. The molecule has 0 fully saturated rings. The Labute approximate surface area is 357 Å². The molecule has 0 saturated carbocycles. The molecule has 6 rings (SSSR count). The van der Waals surface area contributed by atoms with Crippen LogP contribution >= 0.6 is 11.6 Å². The third kappa shape index (κ3) is 10.9. The number of carbonyl (C=O) groups is 2. The third-order valence-corrected chi connectivity index (χ3v) is 11.9. The minimum Gasteiger partial charge on any atom is -0.465 e. The van der Waals surface area contributed by atoms with E-state index in [4.69, 9.17) is 21.4 Å². The number of hydrogen-bond donors (Lipinski definition) is 1. The van der Waals surface area contributed by atoms with Crippen LogP contribution in [0.5, 0.6) is 0 Å². The lowest BCUT2D eigenvalue weighted by Crippen LogP contribution is -2.33. The van der Waals surface area contributed by atoms with Crippen molar-refractivity contribution < 1.29 is 53.8 Å². The van der Waals surface area contributed by atoms with Crippen LogP contribution < -0.4 is 0 Å². The molecule has 0 atom stereocenters. The van der Waals surface area contributed by atoms with Gasteiger partial charge in [0.2, 0.25) is 19.7 Å². The molecule has 4 aromatic heterocycles. The highest BCUT2D eigenvalue weighted by Gasteiger charge is 2.30. The molecule has 0 bridgehead atoms. The minimum absolute atomic E-state index is 0.0669. The van der Waals surface area contributed by atoms with Gasteiger partial charge in [0, 0.05) is 56.4 Å². The average Bonchev–Trinajstić information content (AvgIpc) is 3.80. The number of pyridine rings is 2. The van der Waals surface area contributed by atoms with Gasteiger partial charge in [-0.05, 0) is 76.2 Å². The average molecular weight is 921 g/mol. The van der Waals surface area contributed by atoms with Crippen LogP contribution in [0.4, 0.5) is 27.2 Å². The van der Waals surface area contributed by atoms with E-state index in [9.17, 15) is 44.0 Å². The zero-order chi connectivity index (χ0) is 45.9. The Bertz CT molecular complexity index is 2850. The fourth-order valence-corrected chi connectivity index (χ4v) is 8.13. The Hall–Kier alpha value is -6.39. The molecule has 0 spiro atoms. The minimum atomic E-state index is -4.24. The van der Waals surface area contributed by atoms with Crippen molar-refractivity contribution in [3.63, 3.8) is 0 Å². The maximum Gasteiger partial charge on any atom is 0.410 e. The van der Waals surface area contributed by atoms with Crippen LogP contribution in [0, 0.1) is 30.2 Å². The molecule has 0 aliphatic heterocycles. The first kappa shape index (κ1) is 46.7. The number of aryl methyl sites for hydroxylation is 1. The van der Waals surface area contributed by atoms with Crippen LogP contribution in [0.2, 0.25) is 5.15 Å². The number of amides is 2. The van der Waals surface area contributed by atoms with Crippen molar-refractivity contribution >= 4 is 43.5 Å². The van der Waals surface area contributed by atoms with E-state index < -0.39 is 70.8 Å². The van der Waals surface area contributed by atoms with E-state index in [1.807, 2.05) is 0 Å². The Balaban J connectivity index is 0.000000236. The van der Waals surface area contributed by atoms with Crippen molar-refractivity contribution in [1.29, 1.82) is 0 Å². The first-order chi connectivity index (χ1) is 28.9. The van der Waals surface area contributed by atoms with E-state index in [1.165, 1.54) is 49.3 Å². The summed E-state index contributed by atoms with van der Waals surface area (Å²) < 4.78 is 115. The molecule has 2 aromatic carbocycles. The summed E-state index contributed by atoms with van der Waals surface area (Å²) in [5.74, 6) is -3.71. The first-order valence-electron chi connectivity index (χ1n) is 17.9. The smallest absolute Gasteiger partial charge is 0.410 e. The summed E-state index contributed by atoms with van der Waals surface area (Å²) in [6.07, 6.45) is 0.310. The van der Waals surface area contributed by atoms with Crippen molar-refractivity contribution in [2.45, 2.75) is 66.2 Å². The number of aromatic nitrogens is 6. The van der Waals surface area contributed by atoms with Gasteiger partial charge in [-0.2, -0.15) is 10.2 Å². The molecule has 0 aliphatic rings. The topological polar surface area (TPSA) is 200 Å². The van der Waals surface area contributed by atoms with Crippen LogP contribution in [0.1, 0.15) is 37.9 Å². The van der Waals surface area contributed by atoms with E-state index in [1.54, 1.807) is 27.7 Å². The maximum absolute atomic E-state index is 14.5. The Kier molecular flexibility index (Phi) is 13.8. The maximum atomic E-state index is 14.5. The van der Waals surface area contributed by atoms with E-state index in [-0.39, 0.29) is 50.8 Å². The number of hydrogen-bond acceptors (Lipinski definition) is 11. The van der Waals surface area contributed by atoms with Gasteiger partial charge in [0.15, 0.2) is 21.7 Å². The number of sulfone groups is 2. The van der Waals surface area contributed by atoms with E-state index in [0.717, 1.165) is 57.0 Å². The van der Waals surface area contributed by atoms with Crippen molar-refractivity contribution in [3.05, 3.63) is 131 Å². The highest BCUT2D eigenvalue weighted by molar-refractivity contribution is 7.91. The number of rotatable bonds is 10. The number of ether oxygens (including phenoxy) is 1. The van der Waals surface area contributed by atoms with Crippen LogP contribution in [-0.4, -0.2) is 93.2 Å². The predicted molar refractivity (Wildman–Crippen MR) is 213 cm³/mol. The molecule has 62 heavy (non-hydrogen) atoms. The highest BCUT2D eigenvalue weighted by Crippen LogP contribution is 2.28. The second-order valence-corrected chi connectivity index (χ2v) is 18.6. The van der Waals surface area contributed by atoms with Crippen LogP contribution in [-0.2, 0) is 37.5 Å². The van der Waals surface area contributed by atoms with Crippen molar-refractivity contribution in [2.24, 2.45) is 0 Å². The third-order valence-electron chi connectivity index (χ3n) is 8.32. The molecule has 328 valence electrons. The molecule has 16 nitrogen and oxygen atoms in total. The molecule has 0 aliphatic carbocycles. The molecule has 6 aromatic rings. The van der Waals surface area contributed by atoms with Crippen LogP contribution in [0.3, 0.4) is 0 Å². The van der Waals surface area contributed by atoms with E-state index in [0.29, 0.717) is 17.8 Å². The van der Waals surface area contributed by atoms with E-state index in [2.05, 4.69) is 20.2 Å². The monoisotopic (exact) mass is 920 g/mol. The van der Waals surface area contributed by atoms with Gasteiger partial charge in [-0.1, -0.05) is 11.6 Å². The molecule has 4 heterocycles.